The summed E-state index contributed by atoms with van der Waals surface area (Å²) in [7, 11) is 0. The Morgan fingerprint density at radius 2 is 2.11 bits per heavy atom. The molecule has 0 amide bonds. The molecule has 0 radical (unpaired) electrons. The first-order valence-electron chi connectivity index (χ1n) is 6.23. The summed E-state index contributed by atoms with van der Waals surface area (Å²) in [6.45, 7) is 0.597. The zero-order valence-electron chi connectivity index (χ0n) is 10.1. The summed E-state index contributed by atoms with van der Waals surface area (Å²) in [6, 6.07) is 5.03. The van der Waals surface area contributed by atoms with Gasteiger partial charge in [0.25, 0.3) is 0 Å². The Morgan fingerprint density at radius 3 is 2.79 bits per heavy atom. The van der Waals surface area contributed by atoms with Gasteiger partial charge < -0.3 is 4.74 Å². The summed E-state index contributed by atoms with van der Waals surface area (Å²) in [5, 5.41) is 6.01. The minimum Gasteiger partial charge on any atom is -0.374 e. The lowest BCUT2D eigenvalue weighted by Gasteiger charge is -2.23. The highest BCUT2D eigenvalue weighted by molar-refractivity contribution is 5.85. The van der Waals surface area contributed by atoms with E-state index in [1.54, 1.807) is 18.2 Å². The third-order valence-corrected chi connectivity index (χ3v) is 3.42. The topological polar surface area (TPSA) is 37.9 Å². The van der Waals surface area contributed by atoms with Gasteiger partial charge in [-0.05, 0) is 30.9 Å². The molecule has 1 aromatic heterocycles. The number of alkyl halides is 3. The molecule has 1 aliphatic heterocycles. The Kier molecular flexibility index (Phi) is 2.97. The molecule has 0 saturated carbocycles. The minimum absolute atomic E-state index is 0.141. The van der Waals surface area contributed by atoms with E-state index in [-0.39, 0.29) is 11.5 Å². The highest BCUT2D eigenvalue weighted by atomic mass is 19.4. The third-order valence-electron chi connectivity index (χ3n) is 3.42. The number of aromatic nitrogens is 2. The number of nitrogens with one attached hydrogen (secondary N) is 1. The van der Waals surface area contributed by atoms with Crippen molar-refractivity contribution in [1.29, 1.82) is 0 Å². The third kappa shape index (κ3) is 2.20. The number of halogens is 3. The molecule has 6 heteroatoms. The average molecular weight is 270 g/mol. The lowest BCUT2D eigenvalue weighted by atomic mass is 9.97. The Hall–Kier alpha value is -1.56. The van der Waals surface area contributed by atoms with Gasteiger partial charge in [0.15, 0.2) is 5.69 Å². The van der Waals surface area contributed by atoms with E-state index in [4.69, 9.17) is 4.74 Å². The largest absolute Gasteiger partial charge is 0.435 e. The number of ether oxygens (including phenoxy) is 1. The molecule has 1 N–H and O–H groups in total. The predicted molar refractivity (Wildman–Crippen MR) is 63.6 cm³/mol. The molecule has 1 fully saturated rings. The van der Waals surface area contributed by atoms with E-state index in [0.717, 1.165) is 19.3 Å². The highest BCUT2D eigenvalue weighted by Crippen LogP contribution is 2.39. The number of hydrogen-bond acceptors (Lipinski definition) is 2. The normalized spacial score (nSPS) is 20.9. The second kappa shape index (κ2) is 4.52. The summed E-state index contributed by atoms with van der Waals surface area (Å²) in [5.41, 5.74) is 0.129. The molecule has 1 saturated heterocycles. The van der Waals surface area contributed by atoms with Crippen LogP contribution in [0.25, 0.3) is 10.9 Å². The van der Waals surface area contributed by atoms with Gasteiger partial charge in [-0.15, -0.1) is 0 Å². The van der Waals surface area contributed by atoms with Crippen LogP contribution in [-0.2, 0) is 10.9 Å². The van der Waals surface area contributed by atoms with Gasteiger partial charge in [-0.25, -0.2) is 0 Å². The van der Waals surface area contributed by atoms with E-state index in [1.807, 2.05) is 0 Å². The van der Waals surface area contributed by atoms with Gasteiger partial charge in [-0.1, -0.05) is 12.1 Å². The summed E-state index contributed by atoms with van der Waals surface area (Å²) >= 11 is 0. The molecule has 0 bridgehead atoms. The summed E-state index contributed by atoms with van der Waals surface area (Å²) in [5.74, 6) is 0. The van der Waals surface area contributed by atoms with Crippen molar-refractivity contribution >= 4 is 10.9 Å². The molecule has 3 rings (SSSR count). The molecule has 3 nitrogen and oxygen atoms in total. The van der Waals surface area contributed by atoms with Crippen LogP contribution in [0.15, 0.2) is 18.2 Å². The zero-order chi connectivity index (χ0) is 13.5. The van der Waals surface area contributed by atoms with Crippen LogP contribution in [-0.4, -0.2) is 16.8 Å². The molecule has 2 heterocycles. The van der Waals surface area contributed by atoms with Crippen molar-refractivity contribution in [2.75, 3.05) is 6.61 Å². The van der Waals surface area contributed by atoms with Crippen molar-refractivity contribution in [2.24, 2.45) is 0 Å². The maximum absolute atomic E-state index is 13.0. The van der Waals surface area contributed by atoms with Crippen molar-refractivity contribution in [1.82, 2.24) is 10.2 Å². The molecule has 1 aliphatic rings. The number of nitrogens with zero attached hydrogens (tertiary/aromatic N) is 1. The highest BCUT2D eigenvalue weighted by Gasteiger charge is 2.37. The van der Waals surface area contributed by atoms with Crippen molar-refractivity contribution in [3.05, 3.63) is 29.5 Å². The molecular weight excluding hydrogens is 257 g/mol. The van der Waals surface area contributed by atoms with Gasteiger partial charge in [0, 0.05) is 12.0 Å². The molecule has 0 spiro atoms. The lowest BCUT2D eigenvalue weighted by molar-refractivity contribution is -0.140. The Bertz CT molecular complexity index is 585. The monoisotopic (exact) mass is 270 g/mol. The van der Waals surface area contributed by atoms with E-state index < -0.39 is 11.9 Å². The molecule has 2 aromatic rings. The Labute approximate surface area is 107 Å². The predicted octanol–water partition coefficient (Wildman–Crippen LogP) is 3.82. The fraction of sp³-hybridized carbons (Fsp3) is 0.462. The summed E-state index contributed by atoms with van der Waals surface area (Å²) in [6.07, 6.45) is -2.04. The second-order valence-corrected chi connectivity index (χ2v) is 4.69. The van der Waals surface area contributed by atoms with E-state index in [9.17, 15) is 13.2 Å². The van der Waals surface area contributed by atoms with Gasteiger partial charge in [0.05, 0.1) is 11.6 Å². The summed E-state index contributed by atoms with van der Waals surface area (Å²) in [4.78, 5) is 0. The van der Waals surface area contributed by atoms with Gasteiger partial charge >= 0.3 is 6.18 Å². The standard InChI is InChI=1S/C13H13F3N2O/c14-13(15,16)12-11-8(10-6-1-2-7-19-10)4-3-5-9(11)17-18-12/h3-5,10H,1-2,6-7H2,(H,17,18). The van der Waals surface area contributed by atoms with Crippen molar-refractivity contribution in [3.8, 4) is 0 Å². The van der Waals surface area contributed by atoms with Crippen molar-refractivity contribution in [2.45, 2.75) is 31.5 Å². The van der Waals surface area contributed by atoms with Crippen LogP contribution in [0.3, 0.4) is 0 Å². The summed E-state index contributed by atoms with van der Waals surface area (Å²) < 4.78 is 44.5. The fourth-order valence-corrected chi connectivity index (χ4v) is 2.56. The number of benzene rings is 1. The van der Waals surface area contributed by atoms with E-state index >= 15 is 0 Å². The minimum atomic E-state index is -4.46. The molecule has 1 aromatic carbocycles. The van der Waals surface area contributed by atoms with Crippen molar-refractivity contribution in [3.63, 3.8) is 0 Å². The fourth-order valence-electron chi connectivity index (χ4n) is 2.56. The van der Waals surface area contributed by atoms with Crippen LogP contribution in [0, 0.1) is 0 Å². The number of H-pyrrole nitrogens is 1. The molecule has 102 valence electrons. The zero-order valence-corrected chi connectivity index (χ0v) is 10.1. The molecule has 1 atom stereocenters. The Balaban J connectivity index is 2.15. The first-order valence-corrected chi connectivity index (χ1v) is 6.23. The average Bonchev–Trinajstić information content (AvgIpc) is 2.83. The smallest absolute Gasteiger partial charge is 0.374 e. The van der Waals surface area contributed by atoms with E-state index in [2.05, 4.69) is 10.2 Å². The molecular formula is C13H13F3N2O. The van der Waals surface area contributed by atoms with Crippen LogP contribution < -0.4 is 0 Å². The van der Waals surface area contributed by atoms with Gasteiger partial charge in [0.1, 0.15) is 0 Å². The van der Waals surface area contributed by atoms with E-state index in [1.165, 1.54) is 0 Å². The van der Waals surface area contributed by atoms with Crippen molar-refractivity contribution < 1.29 is 17.9 Å². The lowest BCUT2D eigenvalue weighted by Crippen LogP contribution is -2.13. The van der Waals surface area contributed by atoms with Gasteiger partial charge in [-0.3, -0.25) is 5.10 Å². The number of aromatic amines is 1. The molecule has 19 heavy (non-hydrogen) atoms. The number of fused-ring (bicyclic) bond motifs is 1. The molecule has 1 unspecified atom stereocenters. The van der Waals surface area contributed by atoms with Gasteiger partial charge in [-0.2, -0.15) is 18.3 Å². The van der Waals surface area contributed by atoms with Crippen LogP contribution in [0.5, 0.6) is 0 Å². The number of hydrogen-bond donors (Lipinski definition) is 1. The molecule has 0 aliphatic carbocycles. The first-order chi connectivity index (χ1) is 9.07. The maximum atomic E-state index is 13.0. The van der Waals surface area contributed by atoms with Crippen LogP contribution >= 0.6 is 0 Å². The van der Waals surface area contributed by atoms with Crippen LogP contribution in [0.2, 0.25) is 0 Å². The second-order valence-electron chi connectivity index (χ2n) is 4.69. The maximum Gasteiger partial charge on any atom is 0.435 e. The Morgan fingerprint density at radius 1 is 1.26 bits per heavy atom. The van der Waals surface area contributed by atoms with Crippen LogP contribution in [0.1, 0.15) is 36.6 Å². The SMILES string of the molecule is FC(F)(F)c1n[nH]c2cccc(C3CCCCO3)c12. The number of rotatable bonds is 1. The van der Waals surface area contributed by atoms with Crippen LogP contribution in [0.4, 0.5) is 13.2 Å². The van der Waals surface area contributed by atoms with Gasteiger partial charge in [0.2, 0.25) is 0 Å². The first kappa shape index (κ1) is 12.5. The quantitative estimate of drug-likeness (QED) is 0.855. The van der Waals surface area contributed by atoms with E-state index in [0.29, 0.717) is 17.7 Å².